The van der Waals surface area contributed by atoms with Crippen molar-refractivity contribution in [2.75, 3.05) is 0 Å². The van der Waals surface area contributed by atoms with Gasteiger partial charge in [0.25, 0.3) is 0 Å². The van der Waals surface area contributed by atoms with Gasteiger partial charge < -0.3 is 4.55 Å². The highest BCUT2D eigenvalue weighted by atomic mass is 32.1. The van der Waals surface area contributed by atoms with Gasteiger partial charge in [-0.2, -0.15) is 0 Å². The molecule has 0 aliphatic rings. The molecule has 1 aromatic carbocycles. The lowest BCUT2D eigenvalue weighted by molar-refractivity contribution is 0.679. The van der Waals surface area contributed by atoms with E-state index in [4.69, 9.17) is 4.55 Å². The topological polar surface area (TPSA) is 20.2 Å². The summed E-state index contributed by atoms with van der Waals surface area (Å²) < 4.78 is 6.69. The van der Waals surface area contributed by atoms with Crippen LogP contribution < -0.4 is 0 Å². The first-order valence-electron chi connectivity index (χ1n) is 2.20. The Hall–Kier alpha value is -0.890. The predicted molar refractivity (Wildman–Crippen MR) is 53.1 cm³/mol. The zero-order valence-corrected chi connectivity index (χ0v) is 7.70. The molecule has 1 nitrogen and oxygen atoms in total. The van der Waals surface area contributed by atoms with Crippen molar-refractivity contribution in [1.82, 2.24) is 0 Å². The monoisotopic (exact) mass is 248 g/mol. The second-order valence-corrected chi connectivity index (χ2v) is 1.15. The second-order valence-electron chi connectivity index (χ2n) is 1.15. The Morgan fingerprint density at radius 3 is 0.571 bits per heavy atom. The first-order valence-corrected chi connectivity index (χ1v) is 2.60. The molecule has 1 N–H and O–H groups in total. The molecule has 1 aromatic rings. The molecule has 92 valence electrons. The molecular formula is C6H14F6OS. The van der Waals surface area contributed by atoms with Gasteiger partial charge in [-0.1, -0.05) is 36.4 Å². The van der Waals surface area contributed by atoms with Crippen molar-refractivity contribution >= 4 is 12.9 Å². The van der Waals surface area contributed by atoms with Crippen molar-refractivity contribution < 1.29 is 32.8 Å². The van der Waals surface area contributed by atoms with E-state index in [0.717, 1.165) is 0 Å². The maximum atomic E-state index is 6.69. The highest BCUT2D eigenvalue weighted by Gasteiger charge is 1.57. The Labute approximate surface area is 83.0 Å². The van der Waals surface area contributed by atoms with E-state index in [1.807, 2.05) is 36.4 Å². The van der Waals surface area contributed by atoms with Crippen LogP contribution in [0.2, 0.25) is 0 Å². The lowest BCUT2D eigenvalue weighted by atomic mass is 10.4. The molecule has 0 radical (unpaired) electrons. The fourth-order valence-corrected chi connectivity index (χ4v) is 0.385. The van der Waals surface area contributed by atoms with Crippen LogP contribution in [0.4, 0.5) is 28.2 Å². The molecule has 0 aliphatic carbocycles. The molecule has 0 aromatic heterocycles. The molecule has 0 heterocycles. The van der Waals surface area contributed by atoms with Crippen LogP contribution >= 0.6 is 12.9 Å². The molecule has 0 saturated heterocycles. The van der Waals surface area contributed by atoms with Gasteiger partial charge in [0.1, 0.15) is 0 Å². The second kappa shape index (κ2) is 57.2. The minimum atomic E-state index is 0. The van der Waals surface area contributed by atoms with Gasteiger partial charge in [-0.3, -0.25) is 28.2 Å². The summed E-state index contributed by atoms with van der Waals surface area (Å²) in [5.74, 6) is 0. The summed E-state index contributed by atoms with van der Waals surface area (Å²) in [7, 11) is 0. The highest BCUT2D eigenvalue weighted by Crippen LogP contribution is 1.79. The highest BCUT2D eigenvalue weighted by molar-refractivity contribution is 7.74. The minimum Gasteiger partial charge on any atom is -0.333 e. The van der Waals surface area contributed by atoms with E-state index in [9.17, 15) is 0 Å². The van der Waals surface area contributed by atoms with Gasteiger partial charge in [-0.15, -0.1) is 0 Å². The first kappa shape index (κ1) is 51.5. The summed E-state index contributed by atoms with van der Waals surface area (Å²) in [4.78, 5) is 0. The van der Waals surface area contributed by atoms with E-state index in [1.54, 1.807) is 0 Å². The Balaban J connectivity index is -0.0000000117. The quantitative estimate of drug-likeness (QED) is 0.411. The molecule has 0 spiro atoms. The van der Waals surface area contributed by atoms with E-state index in [-0.39, 0.29) is 28.2 Å². The normalized spacial score (nSPS) is 3.86. The number of thiol groups is 1. The van der Waals surface area contributed by atoms with Gasteiger partial charge in [-0.25, -0.2) is 0 Å². The van der Waals surface area contributed by atoms with Crippen LogP contribution in [0, 0.1) is 0 Å². The van der Waals surface area contributed by atoms with Gasteiger partial charge in [0.05, 0.1) is 0 Å². The molecule has 1 rings (SSSR count). The van der Waals surface area contributed by atoms with Gasteiger partial charge in [0.15, 0.2) is 0 Å². The van der Waals surface area contributed by atoms with E-state index >= 15 is 0 Å². The zero-order chi connectivity index (χ0) is 6.24. The third-order valence-corrected chi connectivity index (χ3v) is 0.667. The Kier molecular flexibility index (Phi) is 211. The average Bonchev–Trinajstić information content (AvgIpc) is 1.96. The van der Waals surface area contributed by atoms with E-state index in [0.29, 0.717) is 0 Å². The first-order chi connectivity index (χ1) is 4.00. The summed E-state index contributed by atoms with van der Waals surface area (Å²) in [6.45, 7) is 0. The van der Waals surface area contributed by atoms with Crippen LogP contribution in [-0.4, -0.2) is 4.55 Å². The molecule has 0 atom stereocenters. The molecule has 14 heavy (non-hydrogen) atoms. The standard InChI is InChI=1S/C6H6.6FH.H2OS/c1-2-4-6-5-3-1;;;;;;;1-2/h1-6H;6*1H;1-2H. The lowest BCUT2D eigenvalue weighted by Gasteiger charge is -1.69. The van der Waals surface area contributed by atoms with Crippen molar-refractivity contribution in [2.24, 2.45) is 0 Å². The molecular weight excluding hydrogens is 234 g/mol. The number of rotatable bonds is 0. The number of hydrogen-bond acceptors (Lipinski definition) is 2. The van der Waals surface area contributed by atoms with Gasteiger partial charge in [0, 0.05) is 0 Å². The van der Waals surface area contributed by atoms with Crippen LogP contribution in [0.5, 0.6) is 0 Å². The molecule has 0 unspecified atom stereocenters. The molecule has 0 aliphatic heterocycles. The number of benzene rings is 1. The van der Waals surface area contributed by atoms with Gasteiger partial charge in [0.2, 0.25) is 0 Å². The number of halogens is 6. The Bertz CT molecular complexity index is 94.2. The van der Waals surface area contributed by atoms with Crippen LogP contribution in [0.1, 0.15) is 0 Å². The fourth-order valence-electron chi connectivity index (χ4n) is 0.385. The molecule has 8 heteroatoms. The SMILES string of the molecule is F.F.F.F.F.F.OS.c1ccccc1. The Morgan fingerprint density at radius 1 is 0.429 bits per heavy atom. The fraction of sp³-hybridized carbons (Fsp3) is 0. The lowest BCUT2D eigenvalue weighted by Crippen LogP contribution is -1.47. The van der Waals surface area contributed by atoms with Crippen molar-refractivity contribution in [3.05, 3.63) is 36.4 Å². The smallest absolute Gasteiger partial charge is 0.0295 e. The minimum absolute atomic E-state index is 0. The molecule has 0 saturated carbocycles. The zero-order valence-electron chi connectivity index (χ0n) is 6.81. The van der Waals surface area contributed by atoms with E-state index in [1.165, 1.54) is 0 Å². The average molecular weight is 248 g/mol. The van der Waals surface area contributed by atoms with Crippen molar-refractivity contribution in [1.29, 1.82) is 0 Å². The third-order valence-electron chi connectivity index (χ3n) is 0.667. The maximum Gasteiger partial charge on any atom is -0.0295 e. The molecule has 0 bridgehead atoms. The van der Waals surface area contributed by atoms with Gasteiger partial charge >= 0.3 is 0 Å². The summed E-state index contributed by atoms with van der Waals surface area (Å²) in [6, 6.07) is 12.0. The largest absolute Gasteiger partial charge is 0.333 e. The van der Waals surface area contributed by atoms with E-state index < -0.39 is 0 Å². The summed E-state index contributed by atoms with van der Waals surface area (Å²) in [5, 5.41) is 0. The summed E-state index contributed by atoms with van der Waals surface area (Å²) in [5.41, 5.74) is 0. The maximum absolute atomic E-state index is 6.69. The van der Waals surface area contributed by atoms with Crippen molar-refractivity contribution in [3.63, 3.8) is 0 Å². The summed E-state index contributed by atoms with van der Waals surface area (Å²) >= 11 is 2.53. The van der Waals surface area contributed by atoms with E-state index in [2.05, 4.69) is 12.9 Å². The summed E-state index contributed by atoms with van der Waals surface area (Å²) in [6.07, 6.45) is 0. The molecule has 0 amide bonds. The van der Waals surface area contributed by atoms with Crippen molar-refractivity contribution in [2.45, 2.75) is 0 Å². The predicted octanol–water partition coefficient (Wildman–Crippen LogP) is 2.99. The van der Waals surface area contributed by atoms with Crippen LogP contribution in [0.15, 0.2) is 36.4 Å². The van der Waals surface area contributed by atoms with Crippen molar-refractivity contribution in [3.8, 4) is 0 Å². The Morgan fingerprint density at radius 2 is 0.500 bits per heavy atom. The third kappa shape index (κ3) is 43.5. The number of hydrogen-bond donors (Lipinski definition) is 2. The molecule has 0 fully saturated rings. The van der Waals surface area contributed by atoms with Crippen LogP contribution in [0.3, 0.4) is 0 Å². The van der Waals surface area contributed by atoms with Gasteiger partial charge in [-0.05, 0) is 12.9 Å². The van der Waals surface area contributed by atoms with Crippen LogP contribution in [0.25, 0.3) is 0 Å². The van der Waals surface area contributed by atoms with Crippen LogP contribution in [-0.2, 0) is 0 Å².